The van der Waals surface area contributed by atoms with E-state index in [1.54, 1.807) is 24.3 Å². The van der Waals surface area contributed by atoms with Crippen molar-refractivity contribution in [3.63, 3.8) is 0 Å². The maximum atomic E-state index is 12.7. The smallest absolute Gasteiger partial charge is 0.408 e. The summed E-state index contributed by atoms with van der Waals surface area (Å²) in [5.41, 5.74) is 1.03. The van der Waals surface area contributed by atoms with Gasteiger partial charge >= 0.3 is 5.76 Å². The summed E-state index contributed by atoms with van der Waals surface area (Å²) in [6, 6.07) is 10.9. The number of rotatable bonds is 5. The lowest BCUT2D eigenvalue weighted by molar-refractivity contribution is -0.116. The van der Waals surface area contributed by atoms with Crippen molar-refractivity contribution in [3.05, 3.63) is 58.0 Å². The number of para-hydroxylation sites is 2. The summed E-state index contributed by atoms with van der Waals surface area (Å²) >= 11 is 6.15. The molecule has 29 heavy (non-hydrogen) atoms. The molecule has 8 nitrogen and oxygen atoms in total. The highest BCUT2D eigenvalue weighted by Gasteiger charge is 2.27. The number of nitrogens with one attached hydrogen (secondary N) is 1. The molecule has 1 aliphatic rings. The van der Waals surface area contributed by atoms with E-state index in [-0.39, 0.29) is 22.2 Å². The first-order valence-corrected chi connectivity index (χ1v) is 10.9. The third kappa shape index (κ3) is 3.81. The minimum Gasteiger partial charge on any atom is -0.408 e. The summed E-state index contributed by atoms with van der Waals surface area (Å²) in [5.74, 6) is -1.19. The fraction of sp³-hybridized carbons (Fsp3) is 0.263. The van der Waals surface area contributed by atoms with Gasteiger partial charge in [0.15, 0.2) is 5.58 Å². The summed E-state index contributed by atoms with van der Waals surface area (Å²) in [4.78, 5) is 24.6. The maximum absolute atomic E-state index is 12.7. The molecule has 1 aliphatic heterocycles. The zero-order chi connectivity index (χ0) is 20.6. The van der Waals surface area contributed by atoms with E-state index in [9.17, 15) is 18.0 Å². The number of oxazole rings is 1. The Balaban J connectivity index is 1.58. The Labute approximate surface area is 171 Å². The summed E-state index contributed by atoms with van der Waals surface area (Å²) in [5, 5.41) is 2.79. The molecule has 0 saturated carbocycles. The molecule has 1 aromatic heterocycles. The van der Waals surface area contributed by atoms with Crippen LogP contribution in [0.4, 0.5) is 5.69 Å². The Bertz CT molecular complexity index is 1240. The third-order valence-corrected chi connectivity index (χ3v) is 7.01. The molecule has 0 radical (unpaired) electrons. The normalized spacial score (nSPS) is 15.1. The van der Waals surface area contributed by atoms with Crippen molar-refractivity contribution in [2.45, 2.75) is 24.3 Å². The van der Waals surface area contributed by atoms with Gasteiger partial charge in [0, 0.05) is 13.1 Å². The van der Waals surface area contributed by atoms with Crippen molar-refractivity contribution in [1.82, 2.24) is 8.87 Å². The van der Waals surface area contributed by atoms with Crippen molar-refractivity contribution in [1.29, 1.82) is 0 Å². The van der Waals surface area contributed by atoms with Gasteiger partial charge in [-0.1, -0.05) is 23.7 Å². The van der Waals surface area contributed by atoms with Crippen LogP contribution in [-0.2, 0) is 21.4 Å². The fourth-order valence-electron chi connectivity index (χ4n) is 3.34. The molecule has 1 amide bonds. The molecule has 1 N–H and O–H groups in total. The number of carbonyl (C=O) groups excluding carboxylic acids is 1. The van der Waals surface area contributed by atoms with E-state index in [2.05, 4.69) is 5.32 Å². The first-order chi connectivity index (χ1) is 13.9. The molecule has 152 valence electrons. The lowest BCUT2D eigenvalue weighted by atomic mass is 10.3. The van der Waals surface area contributed by atoms with Crippen LogP contribution in [0, 0.1) is 0 Å². The zero-order valence-corrected chi connectivity index (χ0v) is 16.9. The van der Waals surface area contributed by atoms with E-state index in [4.69, 9.17) is 16.0 Å². The van der Waals surface area contributed by atoms with Crippen LogP contribution in [-0.4, -0.2) is 36.3 Å². The molecule has 0 spiro atoms. The van der Waals surface area contributed by atoms with Crippen LogP contribution in [0.2, 0.25) is 5.02 Å². The van der Waals surface area contributed by atoms with Gasteiger partial charge in [-0.25, -0.2) is 13.2 Å². The summed E-state index contributed by atoms with van der Waals surface area (Å²) < 4.78 is 33.2. The number of sulfonamides is 1. The second kappa shape index (κ2) is 7.66. The Morgan fingerprint density at radius 2 is 1.86 bits per heavy atom. The number of carbonyl (C=O) groups is 1. The number of halogens is 1. The maximum Gasteiger partial charge on any atom is 0.420 e. The molecular formula is C19H18ClN3O5S. The van der Waals surface area contributed by atoms with Crippen LogP contribution in [0.1, 0.15) is 12.8 Å². The lowest BCUT2D eigenvalue weighted by Crippen LogP contribution is -2.28. The highest BCUT2D eigenvalue weighted by Crippen LogP contribution is 2.28. The first-order valence-electron chi connectivity index (χ1n) is 9.04. The molecule has 2 heterocycles. The van der Waals surface area contributed by atoms with Gasteiger partial charge in [0.1, 0.15) is 6.54 Å². The zero-order valence-electron chi connectivity index (χ0n) is 15.3. The van der Waals surface area contributed by atoms with E-state index in [1.165, 1.54) is 27.1 Å². The minimum absolute atomic E-state index is 0.0602. The van der Waals surface area contributed by atoms with Crippen LogP contribution >= 0.6 is 11.6 Å². The Kier molecular flexibility index (Phi) is 5.20. The number of anilines is 1. The predicted molar refractivity (Wildman–Crippen MR) is 109 cm³/mol. The van der Waals surface area contributed by atoms with E-state index in [1.807, 2.05) is 0 Å². The summed E-state index contributed by atoms with van der Waals surface area (Å²) in [6.45, 7) is 0.654. The van der Waals surface area contributed by atoms with Crippen LogP contribution in [0.3, 0.4) is 0 Å². The van der Waals surface area contributed by atoms with Crippen LogP contribution < -0.4 is 11.1 Å². The van der Waals surface area contributed by atoms with Gasteiger partial charge in [-0.05, 0) is 43.2 Å². The van der Waals surface area contributed by atoms with E-state index < -0.39 is 21.7 Å². The molecule has 1 saturated heterocycles. The van der Waals surface area contributed by atoms with Gasteiger partial charge in [0.05, 0.1) is 21.1 Å². The molecule has 4 rings (SSSR count). The van der Waals surface area contributed by atoms with Crippen molar-refractivity contribution < 1.29 is 17.6 Å². The number of nitrogens with zero attached hydrogens (tertiary/aromatic N) is 2. The Hall–Kier alpha value is -2.62. The SMILES string of the molecule is O=C(Cn1c(=O)oc2ccccc21)Nc1cc(S(=O)(=O)N2CCCC2)ccc1Cl. The van der Waals surface area contributed by atoms with E-state index >= 15 is 0 Å². The highest BCUT2D eigenvalue weighted by molar-refractivity contribution is 7.89. The molecular weight excluding hydrogens is 418 g/mol. The van der Waals surface area contributed by atoms with E-state index in [0.717, 1.165) is 12.8 Å². The average molecular weight is 436 g/mol. The number of benzene rings is 2. The molecule has 1 fully saturated rings. The minimum atomic E-state index is -3.65. The number of hydrogen-bond acceptors (Lipinski definition) is 5. The fourth-order valence-corrected chi connectivity index (χ4v) is 5.04. The van der Waals surface area contributed by atoms with Gasteiger partial charge in [-0.2, -0.15) is 4.31 Å². The van der Waals surface area contributed by atoms with Gasteiger partial charge < -0.3 is 9.73 Å². The van der Waals surface area contributed by atoms with Crippen molar-refractivity contribution in [2.75, 3.05) is 18.4 Å². The molecule has 2 aromatic carbocycles. The molecule has 0 bridgehead atoms. The number of aromatic nitrogens is 1. The Morgan fingerprint density at radius 3 is 2.62 bits per heavy atom. The molecule has 0 unspecified atom stereocenters. The molecule has 0 aliphatic carbocycles. The topological polar surface area (TPSA) is 102 Å². The molecule has 0 atom stereocenters. The quantitative estimate of drug-likeness (QED) is 0.663. The highest BCUT2D eigenvalue weighted by atomic mass is 35.5. The van der Waals surface area contributed by atoms with Crippen LogP contribution in [0.15, 0.2) is 56.6 Å². The number of fused-ring (bicyclic) bond motifs is 1. The Morgan fingerprint density at radius 1 is 1.14 bits per heavy atom. The van der Waals surface area contributed by atoms with Gasteiger partial charge in [0.25, 0.3) is 0 Å². The number of hydrogen-bond donors (Lipinski definition) is 1. The van der Waals surface area contributed by atoms with Gasteiger partial charge in [0.2, 0.25) is 15.9 Å². The van der Waals surface area contributed by atoms with Crippen LogP contribution in [0.25, 0.3) is 11.1 Å². The molecule has 3 aromatic rings. The first kappa shape index (κ1) is 19.7. The van der Waals surface area contributed by atoms with Crippen molar-refractivity contribution >= 4 is 44.3 Å². The van der Waals surface area contributed by atoms with Crippen molar-refractivity contribution in [2.24, 2.45) is 0 Å². The van der Waals surface area contributed by atoms with Gasteiger partial charge in [-0.15, -0.1) is 0 Å². The second-order valence-electron chi connectivity index (χ2n) is 6.72. The van der Waals surface area contributed by atoms with Crippen molar-refractivity contribution in [3.8, 4) is 0 Å². The number of amides is 1. The summed E-state index contributed by atoms with van der Waals surface area (Å²) in [6.07, 6.45) is 1.65. The monoisotopic (exact) mass is 435 g/mol. The summed E-state index contributed by atoms with van der Waals surface area (Å²) in [7, 11) is -3.65. The van der Waals surface area contributed by atoms with Gasteiger partial charge in [-0.3, -0.25) is 9.36 Å². The molecule has 10 heteroatoms. The third-order valence-electron chi connectivity index (χ3n) is 4.79. The largest absolute Gasteiger partial charge is 0.420 e. The van der Waals surface area contributed by atoms with E-state index in [0.29, 0.717) is 24.2 Å². The van der Waals surface area contributed by atoms with Crippen LogP contribution in [0.5, 0.6) is 0 Å². The standard InChI is InChI=1S/C19H18ClN3O5S/c20-14-8-7-13(29(26,27)22-9-3-4-10-22)11-15(14)21-18(24)12-23-16-5-1-2-6-17(16)28-19(23)25/h1-2,5-8,11H,3-4,9-10,12H2,(H,21,24). The average Bonchev–Trinajstić information content (AvgIpc) is 3.33. The predicted octanol–water partition coefficient (Wildman–Crippen LogP) is 2.67. The second-order valence-corrected chi connectivity index (χ2v) is 9.07. The lowest BCUT2D eigenvalue weighted by Gasteiger charge is -2.16.